The van der Waals surface area contributed by atoms with Gasteiger partial charge in [-0.1, -0.05) is 23.8 Å². The third kappa shape index (κ3) is 4.52. The molecular formula is C20H20N2O4S2. The van der Waals surface area contributed by atoms with Gasteiger partial charge in [0.2, 0.25) is 5.91 Å². The number of nitrogens with zero attached hydrogens (tertiary/aromatic N) is 1. The first-order valence-corrected chi connectivity index (χ1v) is 10.8. The summed E-state index contributed by atoms with van der Waals surface area (Å²) in [5.41, 5.74) is 1.99. The molecule has 0 saturated carbocycles. The van der Waals surface area contributed by atoms with Crippen LogP contribution in [-0.4, -0.2) is 28.0 Å². The highest BCUT2D eigenvalue weighted by Crippen LogP contribution is 2.27. The molecule has 0 radical (unpaired) electrons. The minimum atomic E-state index is -3.85. The van der Waals surface area contributed by atoms with E-state index in [0.29, 0.717) is 17.1 Å². The molecule has 0 saturated heterocycles. The quantitative estimate of drug-likeness (QED) is 0.634. The van der Waals surface area contributed by atoms with Gasteiger partial charge in [-0.15, -0.1) is 11.3 Å². The molecule has 146 valence electrons. The highest BCUT2D eigenvalue weighted by molar-refractivity contribution is 7.94. The Labute approximate surface area is 168 Å². The number of carbonyl (C=O) groups is 1. The number of thiophene rings is 1. The van der Waals surface area contributed by atoms with Crippen molar-refractivity contribution >= 4 is 38.6 Å². The van der Waals surface area contributed by atoms with E-state index in [2.05, 4.69) is 5.32 Å². The summed E-state index contributed by atoms with van der Waals surface area (Å²) in [7, 11) is -2.29. The van der Waals surface area contributed by atoms with Crippen LogP contribution in [0.4, 0.5) is 11.4 Å². The maximum atomic E-state index is 13.1. The number of rotatable bonds is 7. The topological polar surface area (TPSA) is 75.7 Å². The summed E-state index contributed by atoms with van der Waals surface area (Å²) >= 11 is 1.12. The summed E-state index contributed by atoms with van der Waals surface area (Å²) in [6.07, 6.45) is 0. The van der Waals surface area contributed by atoms with Crippen LogP contribution in [0.15, 0.2) is 70.3 Å². The van der Waals surface area contributed by atoms with E-state index in [4.69, 9.17) is 4.74 Å². The van der Waals surface area contributed by atoms with Crippen LogP contribution in [0.2, 0.25) is 0 Å². The van der Waals surface area contributed by atoms with Gasteiger partial charge in [0.1, 0.15) is 16.5 Å². The standard InChI is InChI=1S/C20H20N2O4S2/c1-15-5-9-17(10-6-15)22(28(24,25)20-4-3-13-27-20)14-19(23)21-16-7-11-18(26-2)12-8-16/h3-13H,14H2,1-2H3,(H,21,23). The zero-order valence-corrected chi connectivity index (χ0v) is 17.1. The van der Waals surface area contributed by atoms with Gasteiger partial charge in [-0.25, -0.2) is 8.42 Å². The minimum absolute atomic E-state index is 0.185. The van der Waals surface area contributed by atoms with Crippen LogP contribution < -0.4 is 14.4 Å². The third-order valence-corrected chi connectivity index (χ3v) is 7.17. The Balaban J connectivity index is 1.86. The molecule has 0 bridgehead atoms. The van der Waals surface area contributed by atoms with Crippen LogP contribution >= 0.6 is 11.3 Å². The lowest BCUT2D eigenvalue weighted by Gasteiger charge is -2.23. The van der Waals surface area contributed by atoms with Crippen molar-refractivity contribution in [2.45, 2.75) is 11.1 Å². The molecule has 3 rings (SSSR count). The monoisotopic (exact) mass is 416 g/mol. The Bertz CT molecular complexity index is 1030. The average Bonchev–Trinajstić information content (AvgIpc) is 3.23. The number of methoxy groups -OCH3 is 1. The second-order valence-electron chi connectivity index (χ2n) is 6.06. The zero-order valence-electron chi connectivity index (χ0n) is 15.5. The van der Waals surface area contributed by atoms with Crippen molar-refractivity contribution < 1.29 is 17.9 Å². The van der Waals surface area contributed by atoms with Gasteiger partial charge in [-0.3, -0.25) is 9.10 Å². The number of amides is 1. The smallest absolute Gasteiger partial charge is 0.274 e. The van der Waals surface area contributed by atoms with Crippen LogP contribution in [-0.2, 0) is 14.8 Å². The Morgan fingerprint density at radius 2 is 1.75 bits per heavy atom. The zero-order chi connectivity index (χ0) is 20.1. The molecule has 1 heterocycles. The molecule has 28 heavy (non-hydrogen) atoms. The van der Waals surface area contributed by atoms with Gasteiger partial charge in [0.15, 0.2) is 0 Å². The Hall–Kier alpha value is -2.84. The predicted octanol–water partition coefficient (Wildman–Crippen LogP) is 3.90. The van der Waals surface area contributed by atoms with E-state index in [1.807, 2.05) is 19.1 Å². The molecule has 0 aliphatic heterocycles. The molecule has 0 atom stereocenters. The van der Waals surface area contributed by atoms with Gasteiger partial charge < -0.3 is 10.1 Å². The second kappa shape index (κ2) is 8.45. The number of hydrogen-bond donors (Lipinski definition) is 1. The molecule has 0 unspecified atom stereocenters. The highest BCUT2D eigenvalue weighted by Gasteiger charge is 2.28. The number of benzene rings is 2. The molecule has 1 aromatic heterocycles. The van der Waals surface area contributed by atoms with Gasteiger partial charge in [0.05, 0.1) is 12.8 Å². The summed E-state index contributed by atoms with van der Waals surface area (Å²) in [5.74, 6) is 0.227. The molecular weight excluding hydrogens is 396 g/mol. The largest absolute Gasteiger partial charge is 0.497 e. The molecule has 6 nitrogen and oxygen atoms in total. The normalized spacial score (nSPS) is 11.1. The van der Waals surface area contributed by atoms with Gasteiger partial charge in [-0.05, 0) is 54.8 Å². The third-order valence-electron chi connectivity index (χ3n) is 4.02. The predicted molar refractivity (Wildman–Crippen MR) is 112 cm³/mol. The number of aryl methyl sites for hydroxylation is 1. The lowest BCUT2D eigenvalue weighted by Crippen LogP contribution is -2.37. The Kier molecular flexibility index (Phi) is 6.01. The number of carbonyl (C=O) groups excluding carboxylic acids is 1. The van der Waals surface area contributed by atoms with Crippen molar-refractivity contribution in [2.75, 3.05) is 23.3 Å². The van der Waals surface area contributed by atoms with Gasteiger partial charge in [-0.2, -0.15) is 0 Å². The van der Waals surface area contributed by atoms with E-state index >= 15 is 0 Å². The summed E-state index contributed by atoms with van der Waals surface area (Å²) in [5, 5.41) is 4.42. The summed E-state index contributed by atoms with van der Waals surface area (Å²) in [6.45, 7) is 1.58. The van der Waals surface area contributed by atoms with E-state index < -0.39 is 15.9 Å². The van der Waals surface area contributed by atoms with Crippen LogP contribution in [0, 0.1) is 6.92 Å². The number of hydrogen-bond acceptors (Lipinski definition) is 5. The van der Waals surface area contributed by atoms with Crippen LogP contribution in [0.1, 0.15) is 5.56 Å². The van der Waals surface area contributed by atoms with E-state index in [1.54, 1.807) is 55.0 Å². The van der Waals surface area contributed by atoms with E-state index in [9.17, 15) is 13.2 Å². The molecule has 1 N–H and O–H groups in total. The molecule has 2 aromatic carbocycles. The second-order valence-corrected chi connectivity index (χ2v) is 9.09. The van der Waals surface area contributed by atoms with Crippen molar-refractivity contribution in [1.29, 1.82) is 0 Å². The first kappa shape index (κ1) is 19.9. The van der Waals surface area contributed by atoms with Crippen molar-refractivity contribution in [2.24, 2.45) is 0 Å². The minimum Gasteiger partial charge on any atom is -0.497 e. The van der Waals surface area contributed by atoms with Crippen molar-refractivity contribution in [3.05, 3.63) is 71.6 Å². The van der Waals surface area contributed by atoms with E-state index in [-0.39, 0.29) is 10.8 Å². The Morgan fingerprint density at radius 3 is 2.32 bits per heavy atom. The van der Waals surface area contributed by atoms with Crippen molar-refractivity contribution in [1.82, 2.24) is 0 Å². The molecule has 0 fully saturated rings. The van der Waals surface area contributed by atoms with Gasteiger partial charge in [0.25, 0.3) is 10.0 Å². The lowest BCUT2D eigenvalue weighted by molar-refractivity contribution is -0.114. The highest BCUT2D eigenvalue weighted by atomic mass is 32.2. The van der Waals surface area contributed by atoms with Gasteiger partial charge >= 0.3 is 0 Å². The maximum absolute atomic E-state index is 13.1. The average molecular weight is 417 g/mol. The molecule has 3 aromatic rings. The van der Waals surface area contributed by atoms with E-state index in [0.717, 1.165) is 21.2 Å². The van der Waals surface area contributed by atoms with E-state index in [1.165, 1.54) is 6.07 Å². The molecule has 0 aliphatic rings. The summed E-state index contributed by atoms with van der Waals surface area (Å²) in [4.78, 5) is 12.6. The fraction of sp³-hybridized carbons (Fsp3) is 0.150. The summed E-state index contributed by atoms with van der Waals surface area (Å²) in [6, 6.07) is 17.0. The fourth-order valence-corrected chi connectivity index (χ4v) is 5.08. The SMILES string of the molecule is COc1ccc(NC(=O)CN(c2ccc(C)cc2)S(=O)(=O)c2cccs2)cc1. The summed E-state index contributed by atoms with van der Waals surface area (Å²) < 4.78 is 32.6. The number of sulfonamides is 1. The molecule has 0 aliphatic carbocycles. The first-order chi connectivity index (χ1) is 13.4. The van der Waals surface area contributed by atoms with Crippen LogP contribution in [0.3, 0.4) is 0 Å². The molecule has 1 amide bonds. The first-order valence-electron chi connectivity index (χ1n) is 8.47. The molecule has 0 spiro atoms. The number of anilines is 2. The number of nitrogens with one attached hydrogen (secondary N) is 1. The van der Waals surface area contributed by atoms with Crippen molar-refractivity contribution in [3.63, 3.8) is 0 Å². The Morgan fingerprint density at radius 1 is 1.07 bits per heavy atom. The molecule has 8 heteroatoms. The van der Waals surface area contributed by atoms with Crippen LogP contribution in [0.25, 0.3) is 0 Å². The van der Waals surface area contributed by atoms with Crippen LogP contribution in [0.5, 0.6) is 5.75 Å². The lowest BCUT2D eigenvalue weighted by atomic mass is 10.2. The fourth-order valence-electron chi connectivity index (χ4n) is 2.55. The van der Waals surface area contributed by atoms with Crippen molar-refractivity contribution in [3.8, 4) is 5.75 Å². The number of ether oxygens (including phenoxy) is 1. The maximum Gasteiger partial charge on any atom is 0.274 e. The van der Waals surface area contributed by atoms with Gasteiger partial charge in [0, 0.05) is 5.69 Å².